The molecule has 5 rings (SSSR count). The van der Waals surface area contributed by atoms with Crippen LogP contribution in [0.15, 0.2) is 24.3 Å². The van der Waals surface area contributed by atoms with Gasteiger partial charge in [0.1, 0.15) is 5.82 Å². The highest BCUT2D eigenvalue weighted by Gasteiger charge is 2.66. The molecule has 2 nitrogen and oxygen atoms in total. The molecular formula is C19H24FNO. The van der Waals surface area contributed by atoms with Crippen LogP contribution in [0.1, 0.15) is 44.1 Å². The van der Waals surface area contributed by atoms with Crippen LogP contribution in [0, 0.1) is 17.2 Å². The highest BCUT2D eigenvalue weighted by Crippen LogP contribution is 2.63. The number of nitrogens with one attached hydrogen (secondary N) is 1. The van der Waals surface area contributed by atoms with Gasteiger partial charge in [-0.1, -0.05) is 24.6 Å². The molecule has 4 fully saturated rings. The van der Waals surface area contributed by atoms with Crippen LogP contribution < -0.4 is 5.32 Å². The van der Waals surface area contributed by atoms with Crippen molar-refractivity contribution in [2.45, 2.75) is 56.1 Å². The number of benzene rings is 1. The summed E-state index contributed by atoms with van der Waals surface area (Å²) in [6.07, 6.45) is 7.94. The van der Waals surface area contributed by atoms with E-state index in [1.807, 2.05) is 12.1 Å². The van der Waals surface area contributed by atoms with Gasteiger partial charge in [0.05, 0.1) is 6.10 Å². The Balaban J connectivity index is 1.32. The van der Waals surface area contributed by atoms with E-state index in [0.717, 1.165) is 31.6 Å². The zero-order chi connectivity index (χ0) is 14.8. The largest absolute Gasteiger partial charge is 0.377 e. The molecule has 1 aromatic carbocycles. The molecule has 0 aromatic heterocycles. The third kappa shape index (κ3) is 1.67. The number of rotatable bonds is 4. The Morgan fingerprint density at radius 1 is 1.18 bits per heavy atom. The van der Waals surface area contributed by atoms with Crippen LogP contribution in [-0.4, -0.2) is 25.3 Å². The normalized spacial score (nSPS) is 36.5. The van der Waals surface area contributed by atoms with Gasteiger partial charge >= 0.3 is 0 Å². The van der Waals surface area contributed by atoms with E-state index in [1.165, 1.54) is 25.7 Å². The Bertz CT molecular complexity index is 593. The first-order chi connectivity index (χ1) is 10.8. The number of ether oxygens (including phenoxy) is 1. The predicted octanol–water partition coefficient (Wildman–Crippen LogP) is 3.40. The number of hydrogen-bond donors (Lipinski definition) is 1. The molecule has 3 atom stereocenters. The summed E-state index contributed by atoms with van der Waals surface area (Å²) in [5.41, 5.74) is 1.40. The van der Waals surface area contributed by atoms with Gasteiger partial charge in [-0.15, -0.1) is 0 Å². The second kappa shape index (κ2) is 4.55. The lowest BCUT2D eigenvalue weighted by Gasteiger charge is -2.63. The lowest BCUT2D eigenvalue weighted by molar-refractivity contribution is -0.176. The van der Waals surface area contributed by atoms with Crippen LogP contribution in [0.5, 0.6) is 0 Å². The van der Waals surface area contributed by atoms with Gasteiger partial charge in [0, 0.05) is 35.9 Å². The van der Waals surface area contributed by atoms with E-state index in [0.29, 0.717) is 23.5 Å². The van der Waals surface area contributed by atoms with Crippen molar-refractivity contribution in [3.05, 3.63) is 35.6 Å². The molecule has 1 aromatic rings. The molecule has 4 aliphatic rings. The summed E-state index contributed by atoms with van der Waals surface area (Å²) < 4.78 is 20.1. The van der Waals surface area contributed by atoms with Crippen molar-refractivity contribution >= 4 is 0 Å². The molecule has 1 saturated heterocycles. The SMILES string of the molecule is Fc1ccccc1C1(CN[C@@H]2[C@H]3CCO[C@H]3C23CCC3)CC1. The van der Waals surface area contributed by atoms with Crippen molar-refractivity contribution in [2.75, 3.05) is 13.2 Å². The van der Waals surface area contributed by atoms with E-state index in [2.05, 4.69) is 5.32 Å². The molecule has 1 spiro atoms. The number of fused-ring (bicyclic) bond motifs is 2. The van der Waals surface area contributed by atoms with Crippen molar-refractivity contribution in [2.24, 2.45) is 11.3 Å². The van der Waals surface area contributed by atoms with Crippen LogP contribution in [-0.2, 0) is 10.2 Å². The van der Waals surface area contributed by atoms with Crippen molar-refractivity contribution in [3.8, 4) is 0 Å². The van der Waals surface area contributed by atoms with Crippen LogP contribution in [0.3, 0.4) is 0 Å². The average molecular weight is 301 g/mol. The third-order valence-corrected chi connectivity index (χ3v) is 7.00. The molecule has 1 aliphatic heterocycles. The Kier molecular flexibility index (Phi) is 2.79. The average Bonchev–Trinajstić information content (AvgIpc) is 3.13. The van der Waals surface area contributed by atoms with Crippen molar-refractivity contribution < 1.29 is 9.13 Å². The highest BCUT2D eigenvalue weighted by atomic mass is 19.1. The predicted molar refractivity (Wildman–Crippen MR) is 83.2 cm³/mol. The maximum absolute atomic E-state index is 14.1. The molecule has 0 bridgehead atoms. The molecule has 22 heavy (non-hydrogen) atoms. The maximum Gasteiger partial charge on any atom is 0.127 e. The molecule has 0 amide bonds. The zero-order valence-electron chi connectivity index (χ0n) is 13.0. The Morgan fingerprint density at radius 2 is 2.00 bits per heavy atom. The molecule has 3 aliphatic carbocycles. The van der Waals surface area contributed by atoms with Crippen LogP contribution in [0.4, 0.5) is 4.39 Å². The molecule has 3 heteroatoms. The smallest absolute Gasteiger partial charge is 0.127 e. The van der Waals surface area contributed by atoms with Crippen molar-refractivity contribution in [1.29, 1.82) is 0 Å². The van der Waals surface area contributed by atoms with Gasteiger partial charge in [0.15, 0.2) is 0 Å². The van der Waals surface area contributed by atoms with Gasteiger partial charge in [-0.05, 0) is 43.7 Å². The fraction of sp³-hybridized carbons (Fsp3) is 0.684. The topological polar surface area (TPSA) is 21.3 Å². The molecule has 3 saturated carbocycles. The first kappa shape index (κ1) is 13.5. The zero-order valence-corrected chi connectivity index (χ0v) is 13.0. The van der Waals surface area contributed by atoms with E-state index in [-0.39, 0.29) is 11.2 Å². The second-order valence-corrected chi connectivity index (χ2v) is 7.95. The third-order valence-electron chi connectivity index (χ3n) is 7.00. The lowest BCUT2D eigenvalue weighted by atomic mass is 9.46. The molecule has 1 heterocycles. The van der Waals surface area contributed by atoms with Crippen molar-refractivity contribution in [1.82, 2.24) is 5.32 Å². The van der Waals surface area contributed by atoms with Crippen molar-refractivity contribution in [3.63, 3.8) is 0 Å². The maximum atomic E-state index is 14.1. The minimum Gasteiger partial charge on any atom is -0.377 e. The van der Waals surface area contributed by atoms with Gasteiger partial charge in [0.2, 0.25) is 0 Å². The molecule has 118 valence electrons. The van der Waals surface area contributed by atoms with Gasteiger partial charge in [-0.25, -0.2) is 4.39 Å². The Labute approximate surface area is 131 Å². The summed E-state index contributed by atoms with van der Waals surface area (Å²) in [7, 11) is 0. The Hall–Kier alpha value is -0.930. The molecule has 1 N–H and O–H groups in total. The fourth-order valence-electron chi connectivity index (χ4n) is 5.45. The lowest BCUT2D eigenvalue weighted by Crippen LogP contribution is -2.71. The minimum atomic E-state index is -0.0316. The number of halogens is 1. The summed E-state index contributed by atoms with van der Waals surface area (Å²) in [6.45, 7) is 1.87. The fourth-order valence-corrected chi connectivity index (χ4v) is 5.45. The van der Waals surface area contributed by atoms with Gasteiger partial charge < -0.3 is 10.1 Å². The summed E-state index contributed by atoms with van der Waals surface area (Å²) in [4.78, 5) is 0. The van der Waals surface area contributed by atoms with Gasteiger partial charge in [-0.3, -0.25) is 0 Å². The summed E-state index contributed by atoms with van der Waals surface area (Å²) in [5.74, 6) is 0.674. The van der Waals surface area contributed by atoms with Gasteiger partial charge in [0.25, 0.3) is 0 Å². The first-order valence-electron chi connectivity index (χ1n) is 8.85. The second-order valence-electron chi connectivity index (χ2n) is 7.95. The van der Waals surface area contributed by atoms with Gasteiger partial charge in [-0.2, -0.15) is 0 Å². The summed E-state index contributed by atoms with van der Waals surface area (Å²) in [5, 5.41) is 3.87. The molecular weight excluding hydrogens is 277 g/mol. The Morgan fingerprint density at radius 3 is 2.68 bits per heavy atom. The van der Waals surface area contributed by atoms with E-state index in [1.54, 1.807) is 12.1 Å². The molecule has 0 unspecified atom stereocenters. The van der Waals surface area contributed by atoms with Crippen LogP contribution in [0.25, 0.3) is 0 Å². The summed E-state index contributed by atoms with van der Waals surface area (Å²) >= 11 is 0. The monoisotopic (exact) mass is 301 g/mol. The van der Waals surface area contributed by atoms with Crippen LogP contribution >= 0.6 is 0 Å². The number of hydrogen-bond acceptors (Lipinski definition) is 2. The first-order valence-corrected chi connectivity index (χ1v) is 8.85. The molecule has 0 radical (unpaired) electrons. The van der Waals surface area contributed by atoms with E-state index in [9.17, 15) is 4.39 Å². The van der Waals surface area contributed by atoms with E-state index in [4.69, 9.17) is 4.74 Å². The van der Waals surface area contributed by atoms with E-state index < -0.39 is 0 Å². The van der Waals surface area contributed by atoms with Crippen LogP contribution in [0.2, 0.25) is 0 Å². The standard InChI is InChI=1S/C19H24FNO/c20-15-5-2-1-4-14(15)18(9-10-18)12-21-16-13-6-11-22-17(13)19(16)7-3-8-19/h1-2,4-5,13,16-17,21H,3,6-12H2/t13-,16-,17-/m1/s1. The highest BCUT2D eigenvalue weighted by molar-refractivity contribution is 5.33. The summed E-state index contributed by atoms with van der Waals surface area (Å²) in [6, 6.07) is 7.95. The minimum absolute atomic E-state index is 0.0316. The van der Waals surface area contributed by atoms with E-state index >= 15 is 0 Å². The quantitative estimate of drug-likeness (QED) is 0.920.